The molecule has 3 rings (SSSR count). The molecule has 7 nitrogen and oxygen atoms in total. The SMILES string of the molecule is COc1cc(COC(=O)CCN2C(=O)COc3ccccc32)ccc1OC(F)F. The van der Waals surface area contributed by atoms with E-state index in [1.165, 1.54) is 30.2 Å². The van der Waals surface area contributed by atoms with E-state index in [1.54, 1.807) is 24.3 Å². The van der Waals surface area contributed by atoms with Crippen LogP contribution in [0.1, 0.15) is 12.0 Å². The van der Waals surface area contributed by atoms with Crippen molar-refractivity contribution >= 4 is 17.6 Å². The zero-order chi connectivity index (χ0) is 20.8. The van der Waals surface area contributed by atoms with E-state index in [-0.39, 0.29) is 43.6 Å². The molecule has 2 aromatic rings. The molecule has 2 aromatic carbocycles. The van der Waals surface area contributed by atoms with Crippen LogP contribution in [0.15, 0.2) is 42.5 Å². The zero-order valence-electron chi connectivity index (χ0n) is 15.6. The monoisotopic (exact) mass is 407 g/mol. The van der Waals surface area contributed by atoms with Crippen LogP contribution in [0.3, 0.4) is 0 Å². The van der Waals surface area contributed by atoms with E-state index in [1.807, 2.05) is 0 Å². The zero-order valence-corrected chi connectivity index (χ0v) is 15.6. The molecule has 0 aliphatic carbocycles. The maximum atomic E-state index is 12.4. The van der Waals surface area contributed by atoms with Crippen LogP contribution in [0.25, 0.3) is 0 Å². The number of carbonyl (C=O) groups is 2. The maximum absolute atomic E-state index is 12.4. The number of fused-ring (bicyclic) bond motifs is 1. The van der Waals surface area contributed by atoms with Gasteiger partial charge in [-0.2, -0.15) is 8.78 Å². The Morgan fingerprint density at radius 3 is 2.76 bits per heavy atom. The Balaban J connectivity index is 1.55. The van der Waals surface area contributed by atoms with Crippen molar-refractivity contribution in [2.75, 3.05) is 25.2 Å². The lowest BCUT2D eigenvalue weighted by Crippen LogP contribution is -2.40. The summed E-state index contributed by atoms with van der Waals surface area (Å²) in [5, 5.41) is 0. The van der Waals surface area contributed by atoms with Crippen molar-refractivity contribution in [3.05, 3.63) is 48.0 Å². The van der Waals surface area contributed by atoms with E-state index in [0.29, 0.717) is 17.0 Å². The van der Waals surface area contributed by atoms with E-state index in [0.717, 1.165) is 0 Å². The van der Waals surface area contributed by atoms with Crippen LogP contribution in [-0.2, 0) is 20.9 Å². The number of alkyl halides is 2. The Bertz CT molecular complexity index is 889. The Morgan fingerprint density at radius 2 is 2.00 bits per heavy atom. The molecule has 0 saturated carbocycles. The number of carbonyl (C=O) groups excluding carboxylic acids is 2. The number of nitrogens with zero attached hydrogens (tertiary/aromatic N) is 1. The van der Waals surface area contributed by atoms with Gasteiger partial charge in [0.05, 0.1) is 19.2 Å². The molecule has 1 aliphatic rings. The number of methoxy groups -OCH3 is 1. The molecule has 0 atom stereocenters. The van der Waals surface area contributed by atoms with Gasteiger partial charge in [-0.15, -0.1) is 0 Å². The van der Waals surface area contributed by atoms with Gasteiger partial charge < -0.3 is 23.8 Å². The normalized spacial score (nSPS) is 13.0. The van der Waals surface area contributed by atoms with Crippen molar-refractivity contribution in [2.45, 2.75) is 19.6 Å². The number of anilines is 1. The van der Waals surface area contributed by atoms with E-state index in [2.05, 4.69) is 4.74 Å². The third-order valence-corrected chi connectivity index (χ3v) is 4.19. The minimum atomic E-state index is -2.97. The first kappa shape index (κ1) is 20.4. The fourth-order valence-corrected chi connectivity index (χ4v) is 2.83. The first-order chi connectivity index (χ1) is 14.0. The van der Waals surface area contributed by atoms with Gasteiger partial charge in [0.15, 0.2) is 18.1 Å². The van der Waals surface area contributed by atoms with Crippen LogP contribution < -0.4 is 19.1 Å². The van der Waals surface area contributed by atoms with Gasteiger partial charge in [0.25, 0.3) is 5.91 Å². The molecule has 154 valence electrons. The Kier molecular flexibility index (Phi) is 6.48. The molecule has 0 N–H and O–H groups in total. The summed E-state index contributed by atoms with van der Waals surface area (Å²) in [7, 11) is 1.32. The minimum absolute atomic E-state index is 0.0101. The highest BCUT2D eigenvalue weighted by Crippen LogP contribution is 2.32. The predicted octanol–water partition coefficient (Wildman–Crippen LogP) is 3.16. The lowest BCUT2D eigenvalue weighted by molar-refractivity contribution is -0.144. The van der Waals surface area contributed by atoms with Gasteiger partial charge >= 0.3 is 12.6 Å². The summed E-state index contributed by atoms with van der Waals surface area (Å²) in [6.07, 6.45) is -0.0101. The quantitative estimate of drug-likeness (QED) is 0.626. The topological polar surface area (TPSA) is 74.3 Å². The second-order valence-corrected chi connectivity index (χ2v) is 6.08. The van der Waals surface area contributed by atoms with Crippen molar-refractivity contribution in [2.24, 2.45) is 0 Å². The van der Waals surface area contributed by atoms with Crippen LogP contribution in [0.2, 0.25) is 0 Å². The molecule has 1 amide bonds. The fourth-order valence-electron chi connectivity index (χ4n) is 2.83. The lowest BCUT2D eigenvalue weighted by Gasteiger charge is -2.28. The number of hydrogen-bond donors (Lipinski definition) is 0. The number of ether oxygens (including phenoxy) is 4. The van der Waals surface area contributed by atoms with E-state index in [4.69, 9.17) is 14.2 Å². The highest BCUT2D eigenvalue weighted by Gasteiger charge is 2.25. The molecule has 0 aromatic heterocycles. The molecule has 0 bridgehead atoms. The molecule has 0 fully saturated rings. The molecule has 9 heteroatoms. The number of rotatable bonds is 8. The summed E-state index contributed by atoms with van der Waals surface area (Å²) in [4.78, 5) is 25.7. The molecule has 0 radical (unpaired) electrons. The standard InChI is InChI=1S/C20H19F2NO6/c1-26-17-10-13(6-7-16(17)29-20(21)22)11-28-19(25)8-9-23-14-4-2-3-5-15(14)27-12-18(23)24/h2-7,10,20H,8-9,11-12H2,1H3. The molecule has 0 saturated heterocycles. The van der Waals surface area contributed by atoms with Crippen LogP contribution in [0, 0.1) is 0 Å². The summed E-state index contributed by atoms with van der Waals surface area (Å²) in [5.74, 6) is -0.167. The fraction of sp³-hybridized carbons (Fsp3) is 0.300. The number of halogens is 2. The molecule has 1 heterocycles. The number of para-hydroxylation sites is 2. The van der Waals surface area contributed by atoms with Crippen LogP contribution >= 0.6 is 0 Å². The van der Waals surface area contributed by atoms with Crippen molar-refractivity contribution in [3.8, 4) is 17.2 Å². The van der Waals surface area contributed by atoms with Gasteiger partial charge in [-0.05, 0) is 29.8 Å². The Labute approximate surface area is 165 Å². The maximum Gasteiger partial charge on any atom is 0.387 e. The van der Waals surface area contributed by atoms with Crippen LogP contribution in [0.4, 0.5) is 14.5 Å². The smallest absolute Gasteiger partial charge is 0.387 e. The van der Waals surface area contributed by atoms with Crippen molar-refractivity contribution in [1.29, 1.82) is 0 Å². The lowest BCUT2D eigenvalue weighted by atomic mass is 10.2. The number of benzene rings is 2. The molecule has 1 aliphatic heterocycles. The molecular formula is C20H19F2NO6. The Morgan fingerprint density at radius 1 is 1.21 bits per heavy atom. The first-order valence-corrected chi connectivity index (χ1v) is 8.77. The second kappa shape index (κ2) is 9.22. The van der Waals surface area contributed by atoms with Gasteiger partial charge in [-0.3, -0.25) is 9.59 Å². The summed E-state index contributed by atoms with van der Waals surface area (Å²) in [6, 6.07) is 11.3. The number of hydrogen-bond acceptors (Lipinski definition) is 6. The number of amides is 1. The van der Waals surface area contributed by atoms with E-state index in [9.17, 15) is 18.4 Å². The minimum Gasteiger partial charge on any atom is -0.493 e. The van der Waals surface area contributed by atoms with Crippen LogP contribution in [-0.4, -0.2) is 38.7 Å². The summed E-state index contributed by atoms with van der Waals surface area (Å²) in [6.45, 7) is -2.97. The van der Waals surface area contributed by atoms with Gasteiger partial charge in [-0.25, -0.2) is 0 Å². The average Bonchev–Trinajstić information content (AvgIpc) is 2.71. The molecular weight excluding hydrogens is 388 g/mol. The van der Waals surface area contributed by atoms with Crippen molar-refractivity contribution < 1.29 is 37.3 Å². The Hall–Kier alpha value is -3.36. The van der Waals surface area contributed by atoms with Gasteiger partial charge in [-0.1, -0.05) is 18.2 Å². The van der Waals surface area contributed by atoms with Gasteiger partial charge in [0.1, 0.15) is 12.4 Å². The molecule has 0 unspecified atom stereocenters. The van der Waals surface area contributed by atoms with Crippen molar-refractivity contribution in [3.63, 3.8) is 0 Å². The second-order valence-electron chi connectivity index (χ2n) is 6.08. The largest absolute Gasteiger partial charge is 0.493 e. The van der Waals surface area contributed by atoms with Gasteiger partial charge in [0, 0.05) is 6.54 Å². The predicted molar refractivity (Wildman–Crippen MR) is 98.3 cm³/mol. The summed E-state index contributed by atoms with van der Waals surface area (Å²) >= 11 is 0. The van der Waals surface area contributed by atoms with E-state index < -0.39 is 12.6 Å². The summed E-state index contributed by atoms with van der Waals surface area (Å²) < 4.78 is 44.7. The molecule has 29 heavy (non-hydrogen) atoms. The first-order valence-electron chi connectivity index (χ1n) is 8.77. The summed E-state index contributed by atoms with van der Waals surface area (Å²) in [5.41, 5.74) is 1.15. The third-order valence-electron chi connectivity index (χ3n) is 4.19. The van der Waals surface area contributed by atoms with E-state index >= 15 is 0 Å². The highest BCUT2D eigenvalue weighted by molar-refractivity contribution is 5.98. The number of esters is 1. The average molecular weight is 407 g/mol. The molecule has 0 spiro atoms. The highest BCUT2D eigenvalue weighted by atomic mass is 19.3. The van der Waals surface area contributed by atoms with Crippen LogP contribution in [0.5, 0.6) is 17.2 Å². The van der Waals surface area contributed by atoms with Gasteiger partial charge in [0.2, 0.25) is 0 Å². The van der Waals surface area contributed by atoms with Crippen molar-refractivity contribution in [1.82, 2.24) is 0 Å². The third kappa shape index (κ3) is 5.13.